The zero-order chi connectivity index (χ0) is 21.1. The van der Waals surface area contributed by atoms with Gasteiger partial charge in [-0.1, -0.05) is 17.7 Å². The Balaban J connectivity index is 1.68. The van der Waals surface area contributed by atoms with E-state index >= 15 is 0 Å². The molecule has 0 bridgehead atoms. The van der Waals surface area contributed by atoms with Crippen LogP contribution < -0.4 is 15.5 Å². The Kier molecular flexibility index (Phi) is 5.63. The first-order valence-corrected chi connectivity index (χ1v) is 9.15. The van der Waals surface area contributed by atoms with Gasteiger partial charge in [0.2, 0.25) is 5.91 Å². The summed E-state index contributed by atoms with van der Waals surface area (Å²) in [6, 6.07) is 12.3. The third-order valence-corrected chi connectivity index (χ3v) is 4.72. The normalized spacial score (nSPS) is 16.2. The molecule has 5 amide bonds. The van der Waals surface area contributed by atoms with Crippen molar-refractivity contribution in [2.75, 3.05) is 23.8 Å². The van der Waals surface area contributed by atoms with Crippen molar-refractivity contribution in [3.8, 4) is 0 Å². The van der Waals surface area contributed by atoms with Crippen LogP contribution in [-0.2, 0) is 9.59 Å². The molecule has 1 aliphatic rings. The monoisotopic (exact) mass is 394 g/mol. The summed E-state index contributed by atoms with van der Waals surface area (Å²) in [5.74, 6) is -1.17. The summed E-state index contributed by atoms with van der Waals surface area (Å²) in [4.78, 5) is 51.6. The number of nitrogens with zero attached hydrogens (tertiary/aromatic N) is 2. The maximum atomic E-state index is 12.8. The van der Waals surface area contributed by atoms with Gasteiger partial charge >= 0.3 is 6.03 Å². The molecular formula is C21H22N4O4. The highest BCUT2D eigenvalue weighted by Gasteiger charge is 2.44. The van der Waals surface area contributed by atoms with Crippen LogP contribution in [-0.4, -0.2) is 48.3 Å². The Hall–Kier alpha value is -3.68. The standard InChI is InChI=1S/C21H22N4O4/c1-13-4-10-17(11-5-13)25-14(2)20(28)24(21(25)29)12-18(26)23-16-8-6-15(7-9-16)19(27)22-3/h4-11,14H,12H2,1-3H3,(H,22,27)(H,23,26)/t14-/m1/s1. The molecule has 0 radical (unpaired) electrons. The van der Waals surface area contributed by atoms with E-state index in [1.807, 2.05) is 19.1 Å². The number of benzene rings is 2. The Morgan fingerprint density at radius 2 is 1.62 bits per heavy atom. The second-order valence-electron chi connectivity index (χ2n) is 6.79. The third-order valence-electron chi connectivity index (χ3n) is 4.72. The fraction of sp³-hybridized carbons (Fsp3) is 0.238. The van der Waals surface area contributed by atoms with Crippen molar-refractivity contribution < 1.29 is 19.2 Å². The lowest BCUT2D eigenvalue weighted by Crippen LogP contribution is -2.39. The van der Waals surface area contributed by atoms with Crippen LogP contribution in [0.2, 0.25) is 0 Å². The first kappa shape index (κ1) is 20.1. The number of rotatable bonds is 5. The average molecular weight is 394 g/mol. The lowest BCUT2D eigenvalue weighted by molar-refractivity contribution is -0.130. The molecule has 0 unspecified atom stereocenters. The lowest BCUT2D eigenvalue weighted by atomic mass is 10.2. The van der Waals surface area contributed by atoms with E-state index in [-0.39, 0.29) is 12.5 Å². The van der Waals surface area contributed by atoms with Crippen LogP contribution in [0.25, 0.3) is 0 Å². The number of hydrogen-bond acceptors (Lipinski definition) is 4. The van der Waals surface area contributed by atoms with Gasteiger partial charge in [-0.15, -0.1) is 0 Å². The van der Waals surface area contributed by atoms with Crippen molar-refractivity contribution in [3.63, 3.8) is 0 Å². The molecule has 1 fully saturated rings. The minimum atomic E-state index is -0.690. The van der Waals surface area contributed by atoms with Crippen LogP contribution in [0.15, 0.2) is 48.5 Å². The molecule has 29 heavy (non-hydrogen) atoms. The van der Waals surface area contributed by atoms with E-state index in [9.17, 15) is 19.2 Å². The molecule has 2 aromatic rings. The smallest absolute Gasteiger partial charge is 0.332 e. The summed E-state index contributed by atoms with van der Waals surface area (Å²) in [6.07, 6.45) is 0. The zero-order valence-electron chi connectivity index (χ0n) is 16.4. The minimum Gasteiger partial charge on any atom is -0.355 e. The van der Waals surface area contributed by atoms with Gasteiger partial charge < -0.3 is 10.6 Å². The highest BCUT2D eigenvalue weighted by molar-refractivity contribution is 6.16. The van der Waals surface area contributed by atoms with Crippen molar-refractivity contribution in [2.45, 2.75) is 19.9 Å². The number of aryl methyl sites for hydroxylation is 1. The molecule has 2 aromatic carbocycles. The van der Waals surface area contributed by atoms with Gasteiger partial charge in [-0.05, 0) is 50.2 Å². The molecule has 8 heteroatoms. The molecule has 1 atom stereocenters. The third kappa shape index (κ3) is 4.11. The Morgan fingerprint density at radius 1 is 1.00 bits per heavy atom. The highest BCUT2D eigenvalue weighted by Crippen LogP contribution is 2.26. The maximum Gasteiger partial charge on any atom is 0.332 e. The van der Waals surface area contributed by atoms with Crippen LogP contribution in [0.4, 0.5) is 16.2 Å². The number of urea groups is 1. The number of amides is 5. The summed E-state index contributed by atoms with van der Waals surface area (Å²) in [5.41, 5.74) is 2.57. The van der Waals surface area contributed by atoms with Crippen LogP contribution in [0.1, 0.15) is 22.8 Å². The van der Waals surface area contributed by atoms with E-state index < -0.39 is 23.9 Å². The van der Waals surface area contributed by atoms with Crippen molar-refractivity contribution in [3.05, 3.63) is 59.7 Å². The van der Waals surface area contributed by atoms with E-state index in [1.165, 1.54) is 11.9 Å². The zero-order valence-corrected chi connectivity index (χ0v) is 16.4. The van der Waals surface area contributed by atoms with Crippen LogP contribution in [0.3, 0.4) is 0 Å². The number of imide groups is 1. The van der Waals surface area contributed by atoms with Gasteiger partial charge in [0.25, 0.3) is 11.8 Å². The molecule has 3 rings (SSSR count). The first-order chi connectivity index (χ1) is 13.8. The summed E-state index contributed by atoms with van der Waals surface area (Å²) in [5, 5.41) is 5.15. The fourth-order valence-corrected chi connectivity index (χ4v) is 3.10. The van der Waals surface area contributed by atoms with Gasteiger partial charge in [0.1, 0.15) is 12.6 Å². The van der Waals surface area contributed by atoms with E-state index in [0.29, 0.717) is 16.9 Å². The second kappa shape index (κ2) is 8.14. The molecule has 1 saturated heterocycles. The van der Waals surface area contributed by atoms with Gasteiger partial charge in [-0.25, -0.2) is 4.79 Å². The molecule has 8 nitrogen and oxygen atoms in total. The number of carbonyl (C=O) groups is 4. The molecule has 150 valence electrons. The predicted octanol–water partition coefficient (Wildman–Crippen LogP) is 2.15. The minimum absolute atomic E-state index is 0.235. The fourth-order valence-electron chi connectivity index (χ4n) is 3.10. The SMILES string of the molecule is CNC(=O)c1ccc(NC(=O)CN2C(=O)[C@@H](C)N(c3ccc(C)cc3)C2=O)cc1. The topological polar surface area (TPSA) is 98.8 Å². The molecule has 0 spiro atoms. The van der Waals surface area contributed by atoms with Gasteiger partial charge in [0.15, 0.2) is 0 Å². The van der Waals surface area contributed by atoms with Gasteiger partial charge in [0.05, 0.1) is 0 Å². The number of carbonyl (C=O) groups excluding carboxylic acids is 4. The van der Waals surface area contributed by atoms with Crippen LogP contribution in [0, 0.1) is 6.92 Å². The van der Waals surface area contributed by atoms with E-state index in [0.717, 1.165) is 10.5 Å². The second-order valence-corrected chi connectivity index (χ2v) is 6.79. The molecule has 2 N–H and O–H groups in total. The van der Waals surface area contributed by atoms with Gasteiger partial charge in [-0.2, -0.15) is 0 Å². The molecule has 1 heterocycles. The molecule has 0 saturated carbocycles. The van der Waals surface area contributed by atoms with Crippen LogP contribution >= 0.6 is 0 Å². The number of hydrogen-bond donors (Lipinski definition) is 2. The summed E-state index contributed by atoms with van der Waals surface area (Å²) >= 11 is 0. The van der Waals surface area contributed by atoms with Gasteiger partial charge in [-0.3, -0.25) is 24.2 Å². The molecule has 1 aliphatic heterocycles. The first-order valence-electron chi connectivity index (χ1n) is 9.15. The molecule has 0 aromatic heterocycles. The largest absolute Gasteiger partial charge is 0.355 e. The summed E-state index contributed by atoms with van der Waals surface area (Å²) in [6.45, 7) is 3.18. The Bertz CT molecular complexity index is 954. The highest BCUT2D eigenvalue weighted by atomic mass is 16.2. The predicted molar refractivity (Wildman–Crippen MR) is 109 cm³/mol. The molecular weight excluding hydrogens is 372 g/mol. The Morgan fingerprint density at radius 3 is 2.21 bits per heavy atom. The van der Waals surface area contributed by atoms with Crippen LogP contribution in [0.5, 0.6) is 0 Å². The van der Waals surface area contributed by atoms with E-state index in [2.05, 4.69) is 10.6 Å². The number of anilines is 2. The van der Waals surface area contributed by atoms with E-state index in [4.69, 9.17) is 0 Å². The average Bonchev–Trinajstić information content (AvgIpc) is 2.92. The Labute approximate surface area is 168 Å². The maximum absolute atomic E-state index is 12.8. The van der Waals surface area contributed by atoms with Crippen molar-refractivity contribution in [1.29, 1.82) is 0 Å². The lowest BCUT2D eigenvalue weighted by Gasteiger charge is -2.19. The van der Waals surface area contributed by atoms with Crippen molar-refractivity contribution in [2.24, 2.45) is 0 Å². The van der Waals surface area contributed by atoms with Crippen molar-refractivity contribution in [1.82, 2.24) is 10.2 Å². The van der Waals surface area contributed by atoms with E-state index in [1.54, 1.807) is 43.3 Å². The quantitative estimate of drug-likeness (QED) is 0.759. The molecule has 0 aliphatic carbocycles. The summed E-state index contributed by atoms with van der Waals surface area (Å²) < 4.78 is 0. The number of nitrogens with one attached hydrogen (secondary N) is 2. The summed E-state index contributed by atoms with van der Waals surface area (Å²) in [7, 11) is 1.53. The van der Waals surface area contributed by atoms with Gasteiger partial charge in [0, 0.05) is 24.0 Å². The van der Waals surface area contributed by atoms with Crippen molar-refractivity contribution >= 4 is 35.1 Å².